The molecule has 0 saturated heterocycles. The number of carbonyl (C=O) groups is 2. The van der Waals surface area contributed by atoms with Crippen molar-refractivity contribution in [1.82, 2.24) is 5.32 Å². The molecular formula is C15H30N2O3. The van der Waals surface area contributed by atoms with E-state index in [2.05, 4.69) is 12.2 Å². The van der Waals surface area contributed by atoms with Gasteiger partial charge >= 0.3 is 5.97 Å². The van der Waals surface area contributed by atoms with Crippen LogP contribution in [0.2, 0.25) is 0 Å². The molecule has 0 radical (unpaired) electrons. The van der Waals surface area contributed by atoms with Gasteiger partial charge in [-0.05, 0) is 25.2 Å². The molecule has 2 unspecified atom stereocenters. The first kappa shape index (κ1) is 18.9. The fourth-order valence-electron chi connectivity index (χ4n) is 2.42. The summed E-state index contributed by atoms with van der Waals surface area (Å²) in [6.07, 6.45) is 5.56. The van der Waals surface area contributed by atoms with E-state index in [1.54, 1.807) is 0 Å². The Morgan fingerprint density at radius 1 is 1.10 bits per heavy atom. The van der Waals surface area contributed by atoms with Gasteiger partial charge in [-0.2, -0.15) is 0 Å². The molecule has 0 spiro atoms. The minimum atomic E-state index is -0.749. The Bertz CT molecular complexity index is 282. The van der Waals surface area contributed by atoms with Crippen molar-refractivity contribution >= 4 is 11.9 Å². The van der Waals surface area contributed by atoms with Gasteiger partial charge in [0.2, 0.25) is 5.91 Å². The summed E-state index contributed by atoms with van der Waals surface area (Å²) in [6, 6.07) is 0. The Hall–Kier alpha value is -1.10. The summed E-state index contributed by atoms with van der Waals surface area (Å²) < 4.78 is 0. The van der Waals surface area contributed by atoms with Gasteiger partial charge in [-0.3, -0.25) is 9.59 Å². The van der Waals surface area contributed by atoms with E-state index < -0.39 is 5.97 Å². The second kappa shape index (κ2) is 11.7. The van der Waals surface area contributed by atoms with Crippen LogP contribution >= 0.6 is 0 Å². The number of amides is 1. The van der Waals surface area contributed by atoms with Crippen LogP contribution in [0.25, 0.3) is 0 Å². The number of hydrogen-bond acceptors (Lipinski definition) is 3. The van der Waals surface area contributed by atoms with Crippen LogP contribution in [-0.2, 0) is 9.59 Å². The molecule has 0 aromatic heterocycles. The molecule has 0 saturated carbocycles. The standard InChI is InChI=1S/C15H30N2O3/c1-3-5-12(7-8-14(18)19)9-10-17-15(20)13(11-16)6-4-2/h12-13H,3-11,16H2,1-2H3,(H,17,20)(H,18,19). The van der Waals surface area contributed by atoms with Crippen molar-refractivity contribution in [3.8, 4) is 0 Å². The van der Waals surface area contributed by atoms with Gasteiger partial charge in [0.05, 0.1) is 5.92 Å². The smallest absolute Gasteiger partial charge is 0.303 e. The average Bonchev–Trinajstić information content (AvgIpc) is 2.41. The number of carboxylic acids is 1. The van der Waals surface area contributed by atoms with Crippen LogP contribution in [-0.4, -0.2) is 30.1 Å². The zero-order valence-corrected chi connectivity index (χ0v) is 12.9. The SMILES string of the molecule is CCCC(CCNC(=O)C(CN)CCC)CCC(=O)O. The summed E-state index contributed by atoms with van der Waals surface area (Å²) in [6.45, 7) is 5.14. The lowest BCUT2D eigenvalue weighted by molar-refractivity contribution is -0.137. The Balaban J connectivity index is 4.02. The largest absolute Gasteiger partial charge is 0.481 e. The predicted molar refractivity (Wildman–Crippen MR) is 80.3 cm³/mol. The van der Waals surface area contributed by atoms with Gasteiger partial charge in [-0.25, -0.2) is 0 Å². The van der Waals surface area contributed by atoms with Gasteiger partial charge in [-0.15, -0.1) is 0 Å². The summed E-state index contributed by atoms with van der Waals surface area (Å²) in [4.78, 5) is 22.5. The Kier molecular flexibility index (Phi) is 11.1. The van der Waals surface area contributed by atoms with Crippen molar-refractivity contribution in [1.29, 1.82) is 0 Å². The summed E-state index contributed by atoms with van der Waals surface area (Å²) in [7, 11) is 0. The molecule has 0 aromatic rings. The predicted octanol–water partition coefficient (Wildman–Crippen LogP) is 2.15. The second-order valence-electron chi connectivity index (χ2n) is 5.39. The fraction of sp³-hybridized carbons (Fsp3) is 0.867. The molecule has 5 nitrogen and oxygen atoms in total. The number of carbonyl (C=O) groups excluding carboxylic acids is 1. The lowest BCUT2D eigenvalue weighted by Crippen LogP contribution is -2.36. The Morgan fingerprint density at radius 2 is 1.75 bits per heavy atom. The van der Waals surface area contributed by atoms with Gasteiger partial charge in [0.25, 0.3) is 0 Å². The van der Waals surface area contributed by atoms with Crippen molar-refractivity contribution < 1.29 is 14.7 Å². The summed E-state index contributed by atoms with van der Waals surface area (Å²) in [5.41, 5.74) is 5.59. The maximum Gasteiger partial charge on any atom is 0.303 e. The molecule has 0 heterocycles. The van der Waals surface area contributed by atoms with Crippen LogP contribution in [0.1, 0.15) is 58.8 Å². The highest BCUT2D eigenvalue weighted by Crippen LogP contribution is 2.17. The van der Waals surface area contributed by atoms with Gasteiger partial charge in [0.15, 0.2) is 0 Å². The van der Waals surface area contributed by atoms with Gasteiger partial charge in [0, 0.05) is 19.5 Å². The normalized spacial score (nSPS) is 13.8. The van der Waals surface area contributed by atoms with Crippen molar-refractivity contribution in [3.05, 3.63) is 0 Å². The third-order valence-electron chi connectivity index (χ3n) is 3.61. The van der Waals surface area contributed by atoms with Crippen LogP contribution in [0, 0.1) is 11.8 Å². The van der Waals surface area contributed by atoms with Crippen molar-refractivity contribution in [2.75, 3.05) is 13.1 Å². The van der Waals surface area contributed by atoms with E-state index in [0.717, 1.165) is 32.1 Å². The molecule has 5 heteroatoms. The van der Waals surface area contributed by atoms with Gasteiger partial charge < -0.3 is 16.2 Å². The molecule has 118 valence electrons. The number of rotatable bonds is 12. The zero-order chi connectivity index (χ0) is 15.4. The highest BCUT2D eigenvalue weighted by Gasteiger charge is 2.16. The third kappa shape index (κ3) is 8.91. The molecule has 4 N–H and O–H groups in total. The molecule has 1 amide bonds. The van der Waals surface area contributed by atoms with Crippen molar-refractivity contribution in [2.24, 2.45) is 17.6 Å². The molecule has 0 bridgehead atoms. The molecule has 0 fully saturated rings. The van der Waals surface area contributed by atoms with Crippen LogP contribution in [0.4, 0.5) is 0 Å². The molecule has 0 aliphatic rings. The minimum Gasteiger partial charge on any atom is -0.481 e. The first-order valence-electron chi connectivity index (χ1n) is 7.74. The molecular weight excluding hydrogens is 256 g/mol. The molecule has 0 aromatic carbocycles. The van der Waals surface area contributed by atoms with Gasteiger partial charge in [0.1, 0.15) is 0 Å². The van der Waals surface area contributed by atoms with Crippen LogP contribution in [0.15, 0.2) is 0 Å². The monoisotopic (exact) mass is 286 g/mol. The highest BCUT2D eigenvalue weighted by molar-refractivity contribution is 5.78. The number of hydrogen-bond donors (Lipinski definition) is 3. The first-order valence-corrected chi connectivity index (χ1v) is 7.74. The Labute approximate surface area is 122 Å². The number of carboxylic acid groups (broad SMARTS) is 1. The highest BCUT2D eigenvalue weighted by atomic mass is 16.4. The summed E-state index contributed by atoms with van der Waals surface area (Å²) >= 11 is 0. The lowest BCUT2D eigenvalue weighted by Gasteiger charge is -2.17. The zero-order valence-electron chi connectivity index (χ0n) is 12.9. The van der Waals surface area contributed by atoms with E-state index in [-0.39, 0.29) is 18.2 Å². The fourth-order valence-corrected chi connectivity index (χ4v) is 2.42. The second-order valence-corrected chi connectivity index (χ2v) is 5.39. The van der Waals surface area contributed by atoms with Crippen LogP contribution in [0.3, 0.4) is 0 Å². The lowest BCUT2D eigenvalue weighted by atomic mass is 9.94. The molecule has 0 aliphatic carbocycles. The molecule has 2 atom stereocenters. The third-order valence-corrected chi connectivity index (χ3v) is 3.61. The summed E-state index contributed by atoms with van der Waals surface area (Å²) in [5, 5.41) is 11.7. The maximum atomic E-state index is 11.9. The molecule has 0 aliphatic heterocycles. The Morgan fingerprint density at radius 3 is 2.25 bits per heavy atom. The van der Waals surface area contributed by atoms with Gasteiger partial charge in [-0.1, -0.05) is 33.1 Å². The van der Waals surface area contributed by atoms with E-state index in [0.29, 0.717) is 25.4 Å². The van der Waals surface area contributed by atoms with E-state index in [1.165, 1.54) is 0 Å². The number of nitrogens with two attached hydrogens (primary N) is 1. The van der Waals surface area contributed by atoms with Crippen LogP contribution < -0.4 is 11.1 Å². The van der Waals surface area contributed by atoms with Crippen LogP contribution in [0.5, 0.6) is 0 Å². The van der Waals surface area contributed by atoms with Crippen molar-refractivity contribution in [3.63, 3.8) is 0 Å². The quantitative estimate of drug-likeness (QED) is 0.512. The molecule has 20 heavy (non-hydrogen) atoms. The van der Waals surface area contributed by atoms with Crippen molar-refractivity contribution in [2.45, 2.75) is 58.8 Å². The van der Waals surface area contributed by atoms with E-state index >= 15 is 0 Å². The van der Waals surface area contributed by atoms with E-state index in [9.17, 15) is 9.59 Å². The topological polar surface area (TPSA) is 92.4 Å². The average molecular weight is 286 g/mol. The number of nitrogens with one attached hydrogen (secondary N) is 1. The van der Waals surface area contributed by atoms with E-state index in [4.69, 9.17) is 10.8 Å². The van der Waals surface area contributed by atoms with E-state index in [1.807, 2.05) is 6.92 Å². The summed E-state index contributed by atoms with van der Waals surface area (Å²) in [5.74, 6) is -0.438. The molecule has 0 rings (SSSR count). The first-order chi connectivity index (χ1) is 9.54. The minimum absolute atomic E-state index is 0.0304. The number of aliphatic carboxylic acids is 1. The maximum absolute atomic E-state index is 11.9.